The van der Waals surface area contributed by atoms with Crippen molar-refractivity contribution in [2.45, 2.75) is 18.6 Å². The van der Waals surface area contributed by atoms with E-state index in [0.717, 1.165) is 12.1 Å². The van der Waals surface area contributed by atoms with Gasteiger partial charge in [0.2, 0.25) is 5.91 Å². The number of benzene rings is 1. The molecule has 27 heavy (non-hydrogen) atoms. The Morgan fingerprint density at radius 3 is 2.93 bits per heavy atom. The Balaban J connectivity index is 1.66. The predicted molar refractivity (Wildman–Crippen MR) is 106 cm³/mol. The first-order valence-corrected chi connectivity index (χ1v) is 9.99. The van der Waals surface area contributed by atoms with Crippen LogP contribution in [-0.4, -0.2) is 45.6 Å². The van der Waals surface area contributed by atoms with Gasteiger partial charge < -0.3 is 19.4 Å². The van der Waals surface area contributed by atoms with Gasteiger partial charge in [-0.3, -0.25) is 4.79 Å². The van der Waals surface area contributed by atoms with E-state index in [9.17, 15) is 4.79 Å². The van der Waals surface area contributed by atoms with Crippen LogP contribution >= 0.6 is 23.1 Å². The number of hydrogen-bond donors (Lipinski definition) is 1. The van der Waals surface area contributed by atoms with Crippen LogP contribution in [0.5, 0.6) is 11.5 Å². The number of methoxy groups -OCH3 is 2. The van der Waals surface area contributed by atoms with Crippen LogP contribution in [-0.2, 0) is 11.3 Å². The van der Waals surface area contributed by atoms with Crippen molar-refractivity contribution in [1.82, 2.24) is 19.7 Å². The lowest BCUT2D eigenvalue weighted by Gasteiger charge is -2.08. The SMILES string of the molecule is CCn1cnnc1SCC(=O)Nc1nc(-c2cc(OC)ccc2OC)cs1. The lowest BCUT2D eigenvalue weighted by molar-refractivity contribution is -0.113. The molecule has 1 N–H and O–H groups in total. The van der Waals surface area contributed by atoms with Gasteiger partial charge in [0.05, 0.1) is 25.7 Å². The molecule has 0 fully saturated rings. The summed E-state index contributed by atoms with van der Waals surface area (Å²) in [5, 5.41) is 13.8. The second-order valence-electron chi connectivity index (χ2n) is 5.34. The first-order valence-electron chi connectivity index (χ1n) is 8.13. The number of amides is 1. The van der Waals surface area contributed by atoms with Gasteiger partial charge in [0.1, 0.15) is 17.8 Å². The number of hydrogen-bond acceptors (Lipinski definition) is 8. The van der Waals surface area contributed by atoms with Gasteiger partial charge in [0, 0.05) is 17.5 Å². The fraction of sp³-hybridized carbons (Fsp3) is 0.294. The number of nitrogens with one attached hydrogen (secondary N) is 1. The van der Waals surface area contributed by atoms with Gasteiger partial charge in [0.15, 0.2) is 10.3 Å². The van der Waals surface area contributed by atoms with Gasteiger partial charge in [-0.05, 0) is 25.1 Å². The second kappa shape index (κ2) is 8.87. The molecule has 0 aliphatic carbocycles. The Kier molecular flexibility index (Phi) is 6.30. The highest BCUT2D eigenvalue weighted by atomic mass is 32.2. The number of ether oxygens (including phenoxy) is 2. The fourth-order valence-electron chi connectivity index (χ4n) is 2.33. The number of thioether (sulfide) groups is 1. The number of rotatable bonds is 8. The van der Waals surface area contributed by atoms with Gasteiger partial charge in [-0.1, -0.05) is 11.8 Å². The lowest BCUT2D eigenvalue weighted by atomic mass is 10.1. The van der Waals surface area contributed by atoms with E-state index in [0.29, 0.717) is 27.5 Å². The minimum Gasteiger partial charge on any atom is -0.497 e. The summed E-state index contributed by atoms with van der Waals surface area (Å²) in [5.74, 6) is 1.48. The quantitative estimate of drug-likeness (QED) is 0.576. The van der Waals surface area contributed by atoms with Crippen LogP contribution in [0.2, 0.25) is 0 Å². The highest BCUT2D eigenvalue weighted by Crippen LogP contribution is 2.35. The molecule has 0 radical (unpaired) electrons. The average Bonchev–Trinajstić information content (AvgIpc) is 3.34. The van der Waals surface area contributed by atoms with E-state index in [2.05, 4.69) is 20.5 Å². The summed E-state index contributed by atoms with van der Waals surface area (Å²) in [6, 6.07) is 5.50. The van der Waals surface area contributed by atoms with Crippen molar-refractivity contribution in [3.8, 4) is 22.8 Å². The van der Waals surface area contributed by atoms with Crippen LogP contribution in [0, 0.1) is 0 Å². The minimum absolute atomic E-state index is 0.149. The zero-order valence-electron chi connectivity index (χ0n) is 15.1. The normalized spacial score (nSPS) is 10.6. The molecular weight excluding hydrogens is 386 g/mol. The Morgan fingerprint density at radius 1 is 1.33 bits per heavy atom. The monoisotopic (exact) mass is 405 g/mol. The van der Waals surface area contributed by atoms with E-state index in [-0.39, 0.29) is 11.7 Å². The van der Waals surface area contributed by atoms with Crippen LogP contribution in [0.1, 0.15) is 6.92 Å². The summed E-state index contributed by atoms with van der Waals surface area (Å²) < 4.78 is 12.5. The minimum atomic E-state index is -0.149. The summed E-state index contributed by atoms with van der Waals surface area (Å²) in [6.45, 7) is 2.76. The summed E-state index contributed by atoms with van der Waals surface area (Å²) in [6.07, 6.45) is 1.65. The Labute approximate surface area is 164 Å². The molecule has 0 aliphatic heterocycles. The molecule has 0 spiro atoms. The van der Waals surface area contributed by atoms with Gasteiger partial charge in [-0.15, -0.1) is 21.5 Å². The predicted octanol–water partition coefficient (Wildman–Crippen LogP) is 3.17. The standard InChI is InChI=1S/C17H19N5O3S2/c1-4-22-10-18-21-17(22)27-9-15(23)20-16-19-13(8-26-16)12-7-11(24-2)5-6-14(12)25-3/h5-8,10H,4,9H2,1-3H3,(H,19,20,23). The number of carbonyl (C=O) groups excluding carboxylic acids is 1. The topological polar surface area (TPSA) is 91.2 Å². The number of carbonyl (C=O) groups is 1. The molecule has 0 unspecified atom stereocenters. The molecule has 0 atom stereocenters. The van der Waals surface area contributed by atoms with Crippen molar-refractivity contribution >= 4 is 34.1 Å². The zero-order valence-corrected chi connectivity index (χ0v) is 16.8. The third kappa shape index (κ3) is 4.58. The molecule has 2 heterocycles. The first kappa shape index (κ1) is 19.2. The van der Waals surface area contributed by atoms with Gasteiger partial charge in [-0.2, -0.15) is 0 Å². The number of nitrogens with zero attached hydrogens (tertiary/aromatic N) is 4. The molecular formula is C17H19N5O3S2. The van der Waals surface area contributed by atoms with Gasteiger partial charge in [-0.25, -0.2) is 4.98 Å². The smallest absolute Gasteiger partial charge is 0.236 e. The molecule has 3 rings (SSSR count). The molecule has 3 aromatic rings. The van der Waals surface area contributed by atoms with Crippen LogP contribution in [0.4, 0.5) is 5.13 Å². The maximum atomic E-state index is 12.2. The Hall–Kier alpha value is -2.59. The zero-order chi connectivity index (χ0) is 19.2. The van der Waals surface area contributed by atoms with E-state index in [4.69, 9.17) is 9.47 Å². The third-order valence-corrected chi connectivity index (χ3v) is 5.42. The maximum Gasteiger partial charge on any atom is 0.236 e. The third-order valence-electron chi connectivity index (χ3n) is 3.69. The van der Waals surface area contributed by atoms with Gasteiger partial charge >= 0.3 is 0 Å². The molecule has 1 aromatic carbocycles. The van der Waals surface area contributed by atoms with E-state index in [1.807, 2.05) is 35.1 Å². The largest absolute Gasteiger partial charge is 0.497 e. The summed E-state index contributed by atoms with van der Waals surface area (Å²) in [4.78, 5) is 16.7. The number of anilines is 1. The molecule has 0 saturated heterocycles. The highest BCUT2D eigenvalue weighted by molar-refractivity contribution is 7.99. The molecule has 8 nitrogen and oxygen atoms in total. The molecule has 0 saturated carbocycles. The van der Waals surface area contributed by atoms with E-state index in [1.54, 1.807) is 20.5 Å². The average molecular weight is 406 g/mol. The van der Waals surface area contributed by atoms with Crippen molar-refractivity contribution < 1.29 is 14.3 Å². The van der Waals surface area contributed by atoms with Crippen LogP contribution in [0.15, 0.2) is 35.1 Å². The molecule has 10 heteroatoms. The van der Waals surface area contributed by atoms with Gasteiger partial charge in [0.25, 0.3) is 0 Å². The maximum absolute atomic E-state index is 12.2. The Morgan fingerprint density at radius 2 is 2.19 bits per heavy atom. The second-order valence-corrected chi connectivity index (χ2v) is 7.14. The van der Waals surface area contributed by atoms with Crippen molar-refractivity contribution in [3.63, 3.8) is 0 Å². The summed E-state index contributed by atoms with van der Waals surface area (Å²) in [5.41, 5.74) is 1.52. The molecule has 2 aromatic heterocycles. The first-order chi connectivity index (χ1) is 13.1. The fourth-order valence-corrected chi connectivity index (χ4v) is 3.83. The summed E-state index contributed by atoms with van der Waals surface area (Å²) in [7, 11) is 3.21. The van der Waals surface area contributed by atoms with Crippen molar-refractivity contribution in [2.75, 3.05) is 25.3 Å². The van der Waals surface area contributed by atoms with E-state index >= 15 is 0 Å². The van der Waals surface area contributed by atoms with E-state index in [1.165, 1.54) is 23.1 Å². The van der Waals surface area contributed by atoms with Crippen LogP contribution in [0.25, 0.3) is 11.3 Å². The summed E-state index contributed by atoms with van der Waals surface area (Å²) >= 11 is 2.69. The van der Waals surface area contributed by atoms with Crippen molar-refractivity contribution in [3.05, 3.63) is 29.9 Å². The molecule has 0 bridgehead atoms. The number of aryl methyl sites for hydroxylation is 1. The molecule has 1 amide bonds. The Bertz CT molecular complexity index is 925. The van der Waals surface area contributed by atoms with Crippen molar-refractivity contribution in [2.24, 2.45) is 0 Å². The number of aromatic nitrogens is 4. The van der Waals surface area contributed by atoms with E-state index < -0.39 is 0 Å². The van der Waals surface area contributed by atoms with Crippen LogP contribution in [0.3, 0.4) is 0 Å². The lowest BCUT2D eigenvalue weighted by Crippen LogP contribution is -2.14. The van der Waals surface area contributed by atoms with Crippen molar-refractivity contribution in [1.29, 1.82) is 0 Å². The molecule has 142 valence electrons. The van der Waals surface area contributed by atoms with Crippen LogP contribution < -0.4 is 14.8 Å². The highest BCUT2D eigenvalue weighted by Gasteiger charge is 2.14. The number of thiazole rings is 1. The molecule has 0 aliphatic rings.